The number of aryl methyl sites for hydroxylation is 1. The van der Waals surface area contributed by atoms with E-state index < -0.39 is 0 Å². The van der Waals surface area contributed by atoms with Gasteiger partial charge >= 0.3 is 0 Å². The minimum atomic E-state index is 0.0761. The van der Waals surface area contributed by atoms with Crippen LogP contribution in [-0.2, 0) is 17.8 Å². The van der Waals surface area contributed by atoms with E-state index in [4.69, 9.17) is 0 Å². The fourth-order valence-electron chi connectivity index (χ4n) is 3.62. The molecule has 0 aromatic carbocycles. The highest BCUT2D eigenvalue weighted by Crippen LogP contribution is 2.21. The smallest absolute Gasteiger partial charge is 0.223 e. The molecule has 2 aromatic heterocycles. The van der Waals surface area contributed by atoms with E-state index in [0.29, 0.717) is 0 Å². The zero-order valence-corrected chi connectivity index (χ0v) is 13.6. The molecule has 4 rings (SSSR count). The Bertz CT molecular complexity index is 692. The van der Waals surface area contributed by atoms with Crippen molar-refractivity contribution in [3.05, 3.63) is 36.5 Å². The maximum Gasteiger partial charge on any atom is 0.223 e. The van der Waals surface area contributed by atoms with E-state index in [1.165, 1.54) is 5.69 Å². The molecule has 2 aliphatic rings. The van der Waals surface area contributed by atoms with E-state index in [0.717, 1.165) is 51.1 Å². The maximum absolute atomic E-state index is 12.6. The summed E-state index contributed by atoms with van der Waals surface area (Å²) in [6.45, 7) is 2.65. The Morgan fingerprint density at radius 2 is 2.00 bits per heavy atom. The summed E-state index contributed by atoms with van der Waals surface area (Å²) < 4.78 is 2.00. The lowest BCUT2D eigenvalue weighted by Gasteiger charge is -2.34. The van der Waals surface area contributed by atoms with Crippen LogP contribution in [-0.4, -0.2) is 44.8 Å². The second-order valence-corrected chi connectivity index (χ2v) is 6.57. The molecule has 0 spiro atoms. The first-order chi connectivity index (χ1) is 11.8. The standard InChI is InChI=1S/C17H22N6O/c24-17(13-2-10-23-15(11-13)1-5-20-23)21-14-3-8-22(9-4-14)16-12-18-6-7-19-16/h1,5-7,12-14H,2-4,8-11H2,(H,21,24). The number of amides is 1. The Kier molecular flexibility index (Phi) is 4.15. The number of anilines is 1. The molecule has 1 unspecified atom stereocenters. The van der Waals surface area contributed by atoms with Crippen LogP contribution in [0, 0.1) is 5.92 Å². The molecule has 0 saturated carbocycles. The van der Waals surface area contributed by atoms with Crippen molar-refractivity contribution in [1.82, 2.24) is 25.1 Å². The third-order valence-corrected chi connectivity index (χ3v) is 5.04. The average Bonchev–Trinajstić information content (AvgIpc) is 3.11. The van der Waals surface area contributed by atoms with Crippen LogP contribution in [0.1, 0.15) is 25.0 Å². The van der Waals surface area contributed by atoms with Gasteiger partial charge in [-0.2, -0.15) is 5.10 Å². The Balaban J connectivity index is 1.29. The number of hydrogen-bond acceptors (Lipinski definition) is 5. The zero-order chi connectivity index (χ0) is 16.4. The molecular formula is C17H22N6O. The van der Waals surface area contributed by atoms with Crippen molar-refractivity contribution < 1.29 is 4.79 Å². The van der Waals surface area contributed by atoms with Crippen LogP contribution in [0.3, 0.4) is 0 Å². The van der Waals surface area contributed by atoms with Crippen molar-refractivity contribution in [3.8, 4) is 0 Å². The van der Waals surface area contributed by atoms with Crippen molar-refractivity contribution in [1.29, 1.82) is 0 Å². The van der Waals surface area contributed by atoms with E-state index in [1.54, 1.807) is 18.6 Å². The molecular weight excluding hydrogens is 304 g/mol. The summed E-state index contributed by atoms with van der Waals surface area (Å²) in [5.74, 6) is 1.19. The number of piperidine rings is 1. The number of hydrogen-bond donors (Lipinski definition) is 1. The number of fused-ring (bicyclic) bond motifs is 1. The van der Waals surface area contributed by atoms with Crippen LogP contribution in [0.5, 0.6) is 0 Å². The topological polar surface area (TPSA) is 75.9 Å². The highest BCUT2D eigenvalue weighted by molar-refractivity contribution is 5.79. The summed E-state index contributed by atoms with van der Waals surface area (Å²) in [6.07, 6.45) is 10.6. The lowest BCUT2D eigenvalue weighted by Crippen LogP contribution is -2.47. The largest absolute Gasteiger partial charge is 0.355 e. The second kappa shape index (κ2) is 6.59. The molecule has 126 valence electrons. The van der Waals surface area contributed by atoms with Gasteiger partial charge in [-0.25, -0.2) is 4.98 Å². The molecule has 1 fully saturated rings. The van der Waals surface area contributed by atoms with Gasteiger partial charge in [0.15, 0.2) is 0 Å². The van der Waals surface area contributed by atoms with Crippen LogP contribution in [0.2, 0.25) is 0 Å². The van der Waals surface area contributed by atoms with Gasteiger partial charge in [-0.3, -0.25) is 14.5 Å². The van der Waals surface area contributed by atoms with Crippen molar-refractivity contribution in [3.63, 3.8) is 0 Å². The monoisotopic (exact) mass is 326 g/mol. The average molecular weight is 326 g/mol. The summed E-state index contributed by atoms with van der Waals surface area (Å²) in [4.78, 5) is 23.3. The molecule has 7 nitrogen and oxygen atoms in total. The van der Waals surface area contributed by atoms with Crippen molar-refractivity contribution in [2.75, 3.05) is 18.0 Å². The number of aromatic nitrogens is 4. The van der Waals surface area contributed by atoms with Crippen molar-refractivity contribution in [2.45, 2.75) is 38.3 Å². The molecule has 0 bridgehead atoms. The highest BCUT2D eigenvalue weighted by atomic mass is 16.1. The molecule has 2 aliphatic heterocycles. The predicted molar refractivity (Wildman–Crippen MR) is 89.4 cm³/mol. The van der Waals surface area contributed by atoms with E-state index in [2.05, 4.69) is 25.3 Å². The van der Waals surface area contributed by atoms with Gasteiger partial charge in [0.1, 0.15) is 5.82 Å². The Labute approximate surface area is 141 Å². The lowest BCUT2D eigenvalue weighted by molar-refractivity contribution is -0.126. The van der Waals surface area contributed by atoms with Crippen LogP contribution >= 0.6 is 0 Å². The van der Waals surface area contributed by atoms with E-state index in [-0.39, 0.29) is 17.9 Å². The van der Waals surface area contributed by atoms with Crippen LogP contribution in [0.25, 0.3) is 0 Å². The van der Waals surface area contributed by atoms with E-state index >= 15 is 0 Å². The molecule has 7 heteroatoms. The molecule has 1 N–H and O–H groups in total. The first-order valence-corrected chi connectivity index (χ1v) is 8.61. The predicted octanol–water partition coefficient (Wildman–Crippen LogP) is 1.02. The number of carbonyl (C=O) groups is 1. The minimum absolute atomic E-state index is 0.0761. The van der Waals surface area contributed by atoms with Crippen molar-refractivity contribution >= 4 is 11.7 Å². The van der Waals surface area contributed by atoms with Crippen LogP contribution in [0.4, 0.5) is 5.82 Å². The molecule has 0 aliphatic carbocycles. The number of rotatable bonds is 3. The summed E-state index contributed by atoms with van der Waals surface area (Å²) in [7, 11) is 0. The Hall–Kier alpha value is -2.44. The minimum Gasteiger partial charge on any atom is -0.355 e. The quantitative estimate of drug-likeness (QED) is 0.911. The fraction of sp³-hybridized carbons (Fsp3) is 0.529. The molecule has 1 atom stereocenters. The van der Waals surface area contributed by atoms with Gasteiger partial charge in [0, 0.05) is 62.3 Å². The molecule has 1 saturated heterocycles. The van der Waals surface area contributed by atoms with Gasteiger partial charge in [-0.15, -0.1) is 0 Å². The normalized spacial score (nSPS) is 21.3. The fourth-order valence-corrected chi connectivity index (χ4v) is 3.62. The highest BCUT2D eigenvalue weighted by Gasteiger charge is 2.28. The third-order valence-electron chi connectivity index (χ3n) is 5.04. The van der Waals surface area contributed by atoms with Gasteiger partial charge < -0.3 is 10.2 Å². The van der Waals surface area contributed by atoms with Gasteiger partial charge in [0.05, 0.1) is 6.20 Å². The first-order valence-electron chi connectivity index (χ1n) is 8.61. The third kappa shape index (κ3) is 3.11. The molecule has 1 amide bonds. The summed E-state index contributed by atoms with van der Waals surface area (Å²) in [5.41, 5.74) is 1.17. The second-order valence-electron chi connectivity index (χ2n) is 6.57. The molecule has 0 radical (unpaired) electrons. The van der Waals surface area contributed by atoms with E-state index in [9.17, 15) is 4.79 Å². The number of carbonyl (C=O) groups excluding carboxylic acids is 1. The first kappa shape index (κ1) is 15.1. The summed E-state index contributed by atoms with van der Waals surface area (Å²) in [5, 5.41) is 7.52. The summed E-state index contributed by atoms with van der Waals surface area (Å²) >= 11 is 0. The number of nitrogens with zero attached hydrogens (tertiary/aromatic N) is 5. The van der Waals surface area contributed by atoms with Crippen LogP contribution in [0.15, 0.2) is 30.9 Å². The summed E-state index contributed by atoms with van der Waals surface area (Å²) in [6, 6.07) is 2.27. The van der Waals surface area contributed by atoms with Gasteiger partial charge in [0.25, 0.3) is 0 Å². The maximum atomic E-state index is 12.6. The molecule has 2 aromatic rings. The van der Waals surface area contributed by atoms with Crippen molar-refractivity contribution in [2.24, 2.45) is 5.92 Å². The van der Waals surface area contributed by atoms with Gasteiger partial charge in [-0.1, -0.05) is 0 Å². The SMILES string of the molecule is O=C(NC1CCN(c2cnccn2)CC1)C1CCn2nccc2C1. The van der Waals surface area contributed by atoms with Gasteiger partial charge in [-0.05, 0) is 25.3 Å². The zero-order valence-electron chi connectivity index (χ0n) is 13.6. The van der Waals surface area contributed by atoms with Gasteiger partial charge in [0.2, 0.25) is 5.91 Å². The Morgan fingerprint density at radius 3 is 2.79 bits per heavy atom. The lowest BCUT2D eigenvalue weighted by atomic mass is 9.94. The molecule has 4 heterocycles. The Morgan fingerprint density at radius 1 is 1.12 bits per heavy atom. The molecule has 24 heavy (non-hydrogen) atoms. The number of nitrogens with one attached hydrogen (secondary N) is 1. The van der Waals surface area contributed by atoms with E-state index in [1.807, 2.05) is 16.9 Å². The van der Waals surface area contributed by atoms with Crippen LogP contribution < -0.4 is 10.2 Å².